The van der Waals surface area contributed by atoms with Crippen LogP contribution in [0.25, 0.3) is 0 Å². The maximum Gasteiger partial charge on any atom is 0.193 e. The number of benzene rings is 2. The number of rotatable bonds is 7. The van der Waals surface area contributed by atoms with E-state index in [1.807, 2.05) is 19.2 Å². The summed E-state index contributed by atoms with van der Waals surface area (Å²) in [7, 11) is 7.17. The molecule has 0 heterocycles. The minimum Gasteiger partial charge on any atom is -0.493 e. The zero-order valence-electron chi connectivity index (χ0n) is 16.8. The van der Waals surface area contributed by atoms with Gasteiger partial charge in [-0.3, -0.25) is 4.99 Å². The van der Waals surface area contributed by atoms with Crippen molar-refractivity contribution in [3.8, 4) is 11.5 Å². The molecular weight excluding hydrogens is 453 g/mol. The van der Waals surface area contributed by atoms with Crippen LogP contribution < -0.4 is 14.8 Å². The summed E-state index contributed by atoms with van der Waals surface area (Å²) in [6.07, 6.45) is 0.873. The van der Waals surface area contributed by atoms with Gasteiger partial charge in [0.15, 0.2) is 17.5 Å². The van der Waals surface area contributed by atoms with Crippen LogP contribution in [0.3, 0.4) is 0 Å². The van der Waals surface area contributed by atoms with Crippen molar-refractivity contribution < 1.29 is 9.47 Å². The van der Waals surface area contributed by atoms with Gasteiger partial charge in [0.25, 0.3) is 0 Å². The Labute approximate surface area is 179 Å². The zero-order valence-corrected chi connectivity index (χ0v) is 19.1. The van der Waals surface area contributed by atoms with Crippen LogP contribution in [0.1, 0.15) is 16.7 Å². The lowest BCUT2D eigenvalue weighted by Crippen LogP contribution is -2.39. The standard InChI is InChI=1S/C21H29N3O2.HI/c1-16-8-6-7-9-18(16)15-24(3)21(22-2)23-13-12-17-10-11-19(25-4)20(14-17)26-5;/h6-11,14H,12-13,15H2,1-5H3,(H,22,23);1H. The number of methoxy groups -OCH3 is 2. The van der Waals surface area contributed by atoms with E-state index in [9.17, 15) is 0 Å². The molecule has 0 bridgehead atoms. The number of ether oxygens (including phenoxy) is 2. The first kappa shape index (κ1) is 23.1. The first-order valence-corrected chi connectivity index (χ1v) is 8.76. The van der Waals surface area contributed by atoms with Crippen molar-refractivity contribution in [2.45, 2.75) is 19.9 Å². The Morgan fingerprint density at radius 2 is 1.78 bits per heavy atom. The lowest BCUT2D eigenvalue weighted by molar-refractivity contribution is 0.354. The summed E-state index contributed by atoms with van der Waals surface area (Å²) in [4.78, 5) is 6.53. The van der Waals surface area contributed by atoms with Gasteiger partial charge in [0.2, 0.25) is 0 Å². The number of nitrogens with zero attached hydrogens (tertiary/aromatic N) is 2. The number of hydrogen-bond donors (Lipinski definition) is 1. The average Bonchev–Trinajstić information content (AvgIpc) is 2.66. The summed E-state index contributed by atoms with van der Waals surface area (Å²) in [5.41, 5.74) is 3.78. The summed E-state index contributed by atoms with van der Waals surface area (Å²) in [6.45, 7) is 3.75. The van der Waals surface area contributed by atoms with Gasteiger partial charge in [-0.15, -0.1) is 24.0 Å². The van der Waals surface area contributed by atoms with E-state index >= 15 is 0 Å². The minimum atomic E-state index is 0. The molecule has 2 rings (SSSR count). The number of halogens is 1. The van der Waals surface area contributed by atoms with Gasteiger partial charge in [-0.1, -0.05) is 30.3 Å². The molecule has 5 nitrogen and oxygen atoms in total. The van der Waals surface area contributed by atoms with Crippen LogP contribution in [-0.2, 0) is 13.0 Å². The predicted molar refractivity (Wildman–Crippen MR) is 123 cm³/mol. The van der Waals surface area contributed by atoms with Crippen LogP contribution in [0, 0.1) is 6.92 Å². The molecule has 6 heteroatoms. The smallest absolute Gasteiger partial charge is 0.193 e. The molecule has 0 radical (unpaired) electrons. The highest BCUT2D eigenvalue weighted by molar-refractivity contribution is 14.0. The maximum atomic E-state index is 5.36. The van der Waals surface area contributed by atoms with Gasteiger partial charge >= 0.3 is 0 Å². The fourth-order valence-corrected chi connectivity index (χ4v) is 2.86. The molecule has 0 saturated heterocycles. The lowest BCUT2D eigenvalue weighted by Gasteiger charge is -2.23. The Balaban J connectivity index is 0.00000364. The Kier molecular flexibility index (Phi) is 9.99. The number of hydrogen-bond acceptors (Lipinski definition) is 3. The number of nitrogens with one attached hydrogen (secondary N) is 1. The van der Waals surface area contributed by atoms with Crippen molar-refractivity contribution in [1.29, 1.82) is 0 Å². The molecule has 0 aliphatic carbocycles. The van der Waals surface area contributed by atoms with Crippen LogP contribution in [-0.4, -0.2) is 45.7 Å². The third-order valence-corrected chi connectivity index (χ3v) is 4.39. The second kappa shape index (κ2) is 11.7. The molecular formula is C21H30IN3O2. The van der Waals surface area contributed by atoms with E-state index in [-0.39, 0.29) is 24.0 Å². The largest absolute Gasteiger partial charge is 0.493 e. The zero-order chi connectivity index (χ0) is 18.9. The van der Waals surface area contributed by atoms with Gasteiger partial charge < -0.3 is 19.7 Å². The number of aliphatic imine (C=N–C) groups is 1. The van der Waals surface area contributed by atoms with Crippen LogP contribution >= 0.6 is 24.0 Å². The molecule has 0 aliphatic heterocycles. The molecule has 0 fully saturated rings. The fourth-order valence-electron chi connectivity index (χ4n) is 2.86. The molecule has 2 aromatic rings. The summed E-state index contributed by atoms with van der Waals surface area (Å²) in [6, 6.07) is 14.4. The molecule has 0 aliphatic rings. The lowest BCUT2D eigenvalue weighted by atomic mass is 10.1. The fraction of sp³-hybridized carbons (Fsp3) is 0.381. The Morgan fingerprint density at radius 3 is 2.41 bits per heavy atom. The van der Waals surface area contributed by atoms with Crippen LogP contribution in [0.4, 0.5) is 0 Å². The molecule has 1 N–H and O–H groups in total. The topological polar surface area (TPSA) is 46.1 Å². The molecule has 0 spiro atoms. The van der Waals surface area contributed by atoms with E-state index in [4.69, 9.17) is 9.47 Å². The van der Waals surface area contributed by atoms with E-state index in [1.165, 1.54) is 16.7 Å². The molecule has 27 heavy (non-hydrogen) atoms. The van der Waals surface area contributed by atoms with Gasteiger partial charge in [0, 0.05) is 27.2 Å². The molecule has 0 aromatic heterocycles. The van der Waals surface area contributed by atoms with Gasteiger partial charge in [0.05, 0.1) is 14.2 Å². The maximum absolute atomic E-state index is 5.36. The Morgan fingerprint density at radius 1 is 1.07 bits per heavy atom. The van der Waals surface area contributed by atoms with Crippen molar-refractivity contribution in [1.82, 2.24) is 10.2 Å². The van der Waals surface area contributed by atoms with Gasteiger partial charge in [-0.25, -0.2) is 0 Å². The second-order valence-corrected chi connectivity index (χ2v) is 6.20. The first-order valence-electron chi connectivity index (χ1n) is 8.76. The van der Waals surface area contributed by atoms with Crippen LogP contribution in [0.5, 0.6) is 11.5 Å². The highest BCUT2D eigenvalue weighted by Crippen LogP contribution is 2.27. The van der Waals surface area contributed by atoms with E-state index in [1.54, 1.807) is 14.2 Å². The van der Waals surface area contributed by atoms with Gasteiger partial charge in [-0.05, 0) is 42.2 Å². The van der Waals surface area contributed by atoms with Crippen LogP contribution in [0.15, 0.2) is 47.5 Å². The van der Waals surface area contributed by atoms with Crippen molar-refractivity contribution in [2.75, 3.05) is 34.9 Å². The van der Waals surface area contributed by atoms with Crippen molar-refractivity contribution >= 4 is 29.9 Å². The van der Waals surface area contributed by atoms with Crippen LogP contribution in [0.2, 0.25) is 0 Å². The monoisotopic (exact) mass is 483 g/mol. The minimum absolute atomic E-state index is 0. The number of aryl methyl sites for hydroxylation is 1. The predicted octanol–water partition coefficient (Wildman–Crippen LogP) is 3.88. The number of guanidine groups is 1. The Bertz CT molecular complexity index is 750. The van der Waals surface area contributed by atoms with E-state index in [0.29, 0.717) is 0 Å². The van der Waals surface area contributed by atoms with Crippen molar-refractivity contribution in [2.24, 2.45) is 4.99 Å². The Hall–Kier alpha value is -1.96. The van der Waals surface area contributed by atoms with E-state index in [0.717, 1.165) is 37.0 Å². The summed E-state index contributed by atoms with van der Waals surface area (Å²) >= 11 is 0. The van der Waals surface area contributed by atoms with Crippen molar-refractivity contribution in [3.05, 3.63) is 59.2 Å². The SMILES string of the molecule is CN=C(NCCc1ccc(OC)c(OC)c1)N(C)Cc1ccccc1C.I. The van der Waals surface area contributed by atoms with Crippen molar-refractivity contribution in [3.63, 3.8) is 0 Å². The normalized spacial score (nSPS) is 10.8. The van der Waals surface area contributed by atoms with E-state index in [2.05, 4.69) is 59.5 Å². The highest BCUT2D eigenvalue weighted by Gasteiger charge is 2.09. The van der Waals surface area contributed by atoms with E-state index < -0.39 is 0 Å². The second-order valence-electron chi connectivity index (χ2n) is 6.20. The summed E-state index contributed by atoms with van der Waals surface area (Å²) in [5, 5.41) is 3.43. The van der Waals surface area contributed by atoms with Gasteiger partial charge in [0.1, 0.15) is 0 Å². The molecule has 0 saturated carbocycles. The molecule has 148 valence electrons. The molecule has 2 aromatic carbocycles. The molecule has 0 amide bonds. The quantitative estimate of drug-likeness (QED) is 0.369. The van der Waals surface area contributed by atoms with Gasteiger partial charge in [-0.2, -0.15) is 0 Å². The summed E-state index contributed by atoms with van der Waals surface area (Å²) in [5.74, 6) is 2.39. The average molecular weight is 483 g/mol. The molecule has 0 unspecified atom stereocenters. The third kappa shape index (κ3) is 6.61. The highest BCUT2D eigenvalue weighted by atomic mass is 127. The summed E-state index contributed by atoms with van der Waals surface area (Å²) < 4.78 is 10.6. The first-order chi connectivity index (χ1) is 12.6. The third-order valence-electron chi connectivity index (χ3n) is 4.39. The molecule has 0 atom stereocenters.